The topological polar surface area (TPSA) is 63.5 Å². The molecule has 0 unspecified atom stereocenters. The molecule has 0 saturated carbocycles. The van der Waals surface area contributed by atoms with Gasteiger partial charge in [0.2, 0.25) is 5.91 Å². The maximum Gasteiger partial charge on any atom is 0.221 e. The quantitative estimate of drug-likeness (QED) is 0.867. The van der Waals surface area contributed by atoms with Crippen molar-refractivity contribution in [2.45, 2.75) is 13.5 Å². The number of rotatable bonds is 5. The molecular weight excluding hydrogens is 244 g/mol. The molecule has 2 aromatic rings. The number of anilines is 2. The minimum absolute atomic E-state index is 0.130. The fourth-order valence-electron chi connectivity index (χ4n) is 1.70. The van der Waals surface area contributed by atoms with Crippen molar-refractivity contribution in [2.75, 3.05) is 17.7 Å². The molecule has 0 atom stereocenters. The van der Waals surface area contributed by atoms with E-state index >= 15 is 0 Å². The average Bonchev–Trinajstić information content (AvgIpc) is 2.90. The molecule has 2 rings (SSSR count). The number of amides is 1. The summed E-state index contributed by atoms with van der Waals surface area (Å²) < 4.78 is 10.5. The van der Waals surface area contributed by atoms with E-state index in [2.05, 4.69) is 10.6 Å². The van der Waals surface area contributed by atoms with Gasteiger partial charge in [0.05, 0.1) is 25.6 Å². The Bertz CT molecular complexity index is 550. The Morgan fingerprint density at radius 1 is 1.37 bits per heavy atom. The summed E-state index contributed by atoms with van der Waals surface area (Å²) in [6.45, 7) is 2.05. The first-order valence-corrected chi connectivity index (χ1v) is 5.91. The Morgan fingerprint density at radius 3 is 2.84 bits per heavy atom. The van der Waals surface area contributed by atoms with E-state index < -0.39 is 0 Å². The smallest absolute Gasteiger partial charge is 0.221 e. The first-order valence-electron chi connectivity index (χ1n) is 5.91. The van der Waals surface area contributed by atoms with Gasteiger partial charge in [-0.15, -0.1) is 0 Å². The Kier molecular flexibility index (Phi) is 4.07. The first-order chi connectivity index (χ1) is 9.19. The van der Waals surface area contributed by atoms with Gasteiger partial charge in [-0.05, 0) is 24.3 Å². The summed E-state index contributed by atoms with van der Waals surface area (Å²) in [5.41, 5.74) is 1.54. The van der Waals surface area contributed by atoms with Crippen LogP contribution in [0.25, 0.3) is 0 Å². The summed E-state index contributed by atoms with van der Waals surface area (Å²) in [5.74, 6) is 1.33. The van der Waals surface area contributed by atoms with E-state index in [1.54, 1.807) is 19.4 Å². The summed E-state index contributed by atoms with van der Waals surface area (Å²) in [6, 6.07) is 9.24. The van der Waals surface area contributed by atoms with E-state index in [1.807, 2.05) is 24.3 Å². The standard InChI is InChI=1S/C14H16N2O3/c1-10(17)16-13-6-5-11(8-14(13)18-2)15-9-12-4-3-7-19-12/h3-8,15H,9H2,1-2H3,(H,16,17). The van der Waals surface area contributed by atoms with Crippen LogP contribution >= 0.6 is 0 Å². The minimum atomic E-state index is -0.130. The third-order valence-electron chi connectivity index (χ3n) is 2.56. The zero-order valence-corrected chi connectivity index (χ0v) is 10.9. The van der Waals surface area contributed by atoms with Crippen molar-refractivity contribution < 1.29 is 13.9 Å². The second-order valence-electron chi connectivity index (χ2n) is 4.03. The Morgan fingerprint density at radius 2 is 2.21 bits per heavy atom. The molecule has 1 heterocycles. The molecular formula is C14H16N2O3. The van der Waals surface area contributed by atoms with E-state index in [4.69, 9.17) is 9.15 Å². The molecule has 19 heavy (non-hydrogen) atoms. The monoisotopic (exact) mass is 260 g/mol. The van der Waals surface area contributed by atoms with Gasteiger partial charge in [-0.1, -0.05) is 0 Å². The highest BCUT2D eigenvalue weighted by Crippen LogP contribution is 2.28. The van der Waals surface area contributed by atoms with Gasteiger partial charge < -0.3 is 19.8 Å². The largest absolute Gasteiger partial charge is 0.494 e. The highest BCUT2D eigenvalue weighted by Gasteiger charge is 2.06. The van der Waals surface area contributed by atoms with Crippen molar-refractivity contribution in [3.8, 4) is 5.75 Å². The van der Waals surface area contributed by atoms with Crippen molar-refractivity contribution >= 4 is 17.3 Å². The first kappa shape index (κ1) is 13.0. The molecule has 5 nitrogen and oxygen atoms in total. The number of nitrogens with one attached hydrogen (secondary N) is 2. The number of ether oxygens (including phenoxy) is 1. The van der Waals surface area contributed by atoms with E-state index in [9.17, 15) is 4.79 Å². The Labute approximate surface area is 111 Å². The van der Waals surface area contributed by atoms with Crippen LogP contribution in [0.1, 0.15) is 12.7 Å². The van der Waals surface area contributed by atoms with Gasteiger partial charge in [0.25, 0.3) is 0 Å². The summed E-state index contributed by atoms with van der Waals surface area (Å²) in [4.78, 5) is 11.1. The highest BCUT2D eigenvalue weighted by molar-refractivity contribution is 5.90. The van der Waals surface area contributed by atoms with Gasteiger partial charge in [-0.2, -0.15) is 0 Å². The Hall–Kier alpha value is -2.43. The molecule has 5 heteroatoms. The van der Waals surface area contributed by atoms with Crippen LogP contribution in [-0.4, -0.2) is 13.0 Å². The number of carbonyl (C=O) groups excluding carboxylic acids is 1. The van der Waals surface area contributed by atoms with Crippen LogP contribution in [0.5, 0.6) is 5.75 Å². The SMILES string of the molecule is COc1cc(NCc2ccco2)ccc1NC(C)=O. The maximum absolute atomic E-state index is 11.1. The lowest BCUT2D eigenvalue weighted by Crippen LogP contribution is -2.07. The predicted octanol–water partition coefficient (Wildman–Crippen LogP) is 2.86. The van der Waals surface area contributed by atoms with Crippen molar-refractivity contribution in [2.24, 2.45) is 0 Å². The zero-order valence-electron chi connectivity index (χ0n) is 10.9. The molecule has 0 radical (unpaired) electrons. The summed E-state index contributed by atoms with van der Waals surface area (Å²) in [7, 11) is 1.57. The third kappa shape index (κ3) is 3.51. The molecule has 0 aliphatic carbocycles. The normalized spacial score (nSPS) is 10.0. The van der Waals surface area contributed by atoms with E-state index in [-0.39, 0.29) is 5.91 Å². The van der Waals surface area contributed by atoms with Gasteiger partial charge in [-0.25, -0.2) is 0 Å². The number of benzene rings is 1. The van der Waals surface area contributed by atoms with Crippen LogP contribution in [0.15, 0.2) is 41.0 Å². The molecule has 0 aliphatic heterocycles. The number of hydrogen-bond donors (Lipinski definition) is 2. The molecule has 0 bridgehead atoms. The van der Waals surface area contributed by atoms with Crippen LogP contribution in [0, 0.1) is 0 Å². The summed E-state index contributed by atoms with van der Waals surface area (Å²) in [6.07, 6.45) is 1.64. The Balaban J connectivity index is 2.07. The second-order valence-corrected chi connectivity index (χ2v) is 4.03. The zero-order chi connectivity index (χ0) is 13.7. The van der Waals surface area contributed by atoms with Crippen LogP contribution in [0.4, 0.5) is 11.4 Å². The van der Waals surface area contributed by atoms with Gasteiger partial charge in [0, 0.05) is 18.7 Å². The number of carbonyl (C=O) groups is 1. The van der Waals surface area contributed by atoms with E-state index in [0.717, 1.165) is 11.4 Å². The highest BCUT2D eigenvalue weighted by atomic mass is 16.5. The molecule has 0 fully saturated rings. The van der Waals surface area contributed by atoms with Crippen molar-refractivity contribution in [1.82, 2.24) is 0 Å². The fraction of sp³-hybridized carbons (Fsp3) is 0.214. The molecule has 100 valence electrons. The molecule has 1 aromatic carbocycles. The van der Waals surface area contributed by atoms with Crippen LogP contribution < -0.4 is 15.4 Å². The summed E-state index contributed by atoms with van der Waals surface area (Å²) >= 11 is 0. The molecule has 0 saturated heterocycles. The van der Waals surface area contributed by atoms with Gasteiger partial charge in [0.15, 0.2) is 0 Å². The van der Waals surface area contributed by atoms with Crippen LogP contribution in [0.2, 0.25) is 0 Å². The lowest BCUT2D eigenvalue weighted by molar-refractivity contribution is -0.114. The van der Waals surface area contributed by atoms with E-state index in [0.29, 0.717) is 18.0 Å². The second kappa shape index (κ2) is 5.95. The van der Waals surface area contributed by atoms with Gasteiger partial charge >= 0.3 is 0 Å². The maximum atomic E-state index is 11.1. The molecule has 1 amide bonds. The van der Waals surface area contributed by atoms with Crippen LogP contribution in [-0.2, 0) is 11.3 Å². The molecule has 0 aliphatic rings. The van der Waals surface area contributed by atoms with Gasteiger partial charge in [-0.3, -0.25) is 4.79 Å². The predicted molar refractivity (Wildman–Crippen MR) is 73.3 cm³/mol. The summed E-state index contributed by atoms with van der Waals surface area (Å²) in [5, 5.41) is 5.93. The van der Waals surface area contributed by atoms with Crippen molar-refractivity contribution in [3.05, 3.63) is 42.4 Å². The fourth-order valence-corrected chi connectivity index (χ4v) is 1.70. The molecule has 2 N–H and O–H groups in total. The average molecular weight is 260 g/mol. The number of methoxy groups -OCH3 is 1. The van der Waals surface area contributed by atoms with E-state index in [1.165, 1.54) is 6.92 Å². The molecule has 1 aromatic heterocycles. The lowest BCUT2D eigenvalue weighted by Gasteiger charge is -2.11. The third-order valence-corrected chi connectivity index (χ3v) is 2.56. The number of furan rings is 1. The van der Waals surface area contributed by atoms with Crippen LogP contribution in [0.3, 0.4) is 0 Å². The van der Waals surface area contributed by atoms with Gasteiger partial charge in [0.1, 0.15) is 11.5 Å². The molecule has 0 spiro atoms. The lowest BCUT2D eigenvalue weighted by atomic mass is 10.2. The minimum Gasteiger partial charge on any atom is -0.494 e. The van der Waals surface area contributed by atoms with Crippen molar-refractivity contribution in [1.29, 1.82) is 0 Å². The van der Waals surface area contributed by atoms with Crippen molar-refractivity contribution in [3.63, 3.8) is 0 Å². The number of hydrogen-bond acceptors (Lipinski definition) is 4.